The molecule has 0 unspecified atom stereocenters. The van der Waals surface area contributed by atoms with Gasteiger partial charge >= 0.3 is 0 Å². The van der Waals surface area contributed by atoms with Crippen LogP contribution in [0.5, 0.6) is 5.75 Å². The molecule has 0 aliphatic rings. The lowest BCUT2D eigenvalue weighted by Gasteiger charge is -2.07. The minimum absolute atomic E-state index is 0.108. The maximum atomic E-state index is 10.6. The average Bonchev–Trinajstić information content (AvgIpc) is 2.20. The standard InChI is InChI=1S/C10H13NO3S/c1-8-9(11(12)13)4-3-5-10(8)14-6-7-15-2/h3-5H,6-7H2,1-2H3. The molecule has 0 atom stereocenters. The summed E-state index contributed by atoms with van der Waals surface area (Å²) in [6.07, 6.45) is 1.99. The van der Waals surface area contributed by atoms with Gasteiger partial charge in [-0.3, -0.25) is 10.1 Å². The summed E-state index contributed by atoms with van der Waals surface area (Å²) in [6, 6.07) is 4.87. The number of nitrogens with zero attached hydrogens (tertiary/aromatic N) is 1. The summed E-state index contributed by atoms with van der Waals surface area (Å²) >= 11 is 1.68. The fraction of sp³-hybridized carbons (Fsp3) is 0.400. The summed E-state index contributed by atoms with van der Waals surface area (Å²) in [7, 11) is 0. The van der Waals surface area contributed by atoms with E-state index in [-0.39, 0.29) is 5.69 Å². The number of benzene rings is 1. The second-order valence-electron chi connectivity index (χ2n) is 3.00. The van der Waals surface area contributed by atoms with E-state index in [9.17, 15) is 10.1 Å². The first-order valence-corrected chi connectivity index (χ1v) is 5.92. The van der Waals surface area contributed by atoms with Crippen LogP contribution < -0.4 is 4.74 Å². The molecule has 15 heavy (non-hydrogen) atoms. The van der Waals surface area contributed by atoms with E-state index in [0.717, 1.165) is 5.75 Å². The van der Waals surface area contributed by atoms with Gasteiger partial charge in [-0.25, -0.2) is 0 Å². The molecular weight excluding hydrogens is 214 g/mol. The molecular formula is C10H13NO3S. The Morgan fingerprint density at radius 3 is 2.87 bits per heavy atom. The van der Waals surface area contributed by atoms with Crippen LogP contribution in [0.2, 0.25) is 0 Å². The summed E-state index contributed by atoms with van der Waals surface area (Å²) in [5.74, 6) is 1.47. The second-order valence-corrected chi connectivity index (χ2v) is 3.98. The molecule has 82 valence electrons. The number of thioether (sulfide) groups is 1. The molecule has 0 saturated carbocycles. The zero-order chi connectivity index (χ0) is 11.3. The molecule has 0 saturated heterocycles. The van der Waals surface area contributed by atoms with Gasteiger partial charge in [0.25, 0.3) is 5.69 Å². The van der Waals surface area contributed by atoms with E-state index < -0.39 is 4.92 Å². The number of hydrogen-bond acceptors (Lipinski definition) is 4. The van der Waals surface area contributed by atoms with E-state index in [1.807, 2.05) is 6.26 Å². The Labute approximate surface area is 92.8 Å². The highest BCUT2D eigenvalue weighted by atomic mass is 32.2. The lowest BCUT2D eigenvalue weighted by atomic mass is 10.2. The van der Waals surface area contributed by atoms with Gasteiger partial charge in [-0.2, -0.15) is 11.8 Å². The van der Waals surface area contributed by atoms with Gasteiger partial charge in [-0.15, -0.1) is 0 Å². The van der Waals surface area contributed by atoms with Crippen molar-refractivity contribution in [1.82, 2.24) is 0 Å². The topological polar surface area (TPSA) is 52.4 Å². The first-order chi connectivity index (χ1) is 7.16. The van der Waals surface area contributed by atoms with Crippen LogP contribution in [-0.2, 0) is 0 Å². The van der Waals surface area contributed by atoms with E-state index in [2.05, 4.69) is 0 Å². The number of rotatable bonds is 5. The van der Waals surface area contributed by atoms with E-state index in [1.54, 1.807) is 30.8 Å². The quantitative estimate of drug-likeness (QED) is 0.441. The first-order valence-electron chi connectivity index (χ1n) is 4.52. The van der Waals surface area contributed by atoms with Crippen molar-refractivity contribution < 1.29 is 9.66 Å². The van der Waals surface area contributed by atoms with Gasteiger partial charge in [0.1, 0.15) is 5.75 Å². The predicted molar refractivity (Wildman–Crippen MR) is 61.7 cm³/mol. The SMILES string of the molecule is CSCCOc1cccc([N+](=O)[O-])c1C. The summed E-state index contributed by atoms with van der Waals surface area (Å²) in [5, 5.41) is 10.6. The Balaban J connectivity index is 2.80. The molecule has 0 spiro atoms. The van der Waals surface area contributed by atoms with Gasteiger partial charge in [0.15, 0.2) is 0 Å². The third-order valence-electron chi connectivity index (χ3n) is 2.00. The van der Waals surface area contributed by atoms with E-state index in [4.69, 9.17) is 4.74 Å². The van der Waals surface area contributed by atoms with Gasteiger partial charge in [0, 0.05) is 11.8 Å². The zero-order valence-electron chi connectivity index (χ0n) is 8.73. The largest absolute Gasteiger partial charge is 0.492 e. The highest BCUT2D eigenvalue weighted by Crippen LogP contribution is 2.26. The van der Waals surface area contributed by atoms with Crippen LogP contribution >= 0.6 is 11.8 Å². The molecule has 1 aromatic rings. The zero-order valence-corrected chi connectivity index (χ0v) is 9.54. The molecule has 0 heterocycles. The molecule has 5 heteroatoms. The fourth-order valence-corrected chi connectivity index (χ4v) is 1.44. The van der Waals surface area contributed by atoms with Crippen LogP contribution in [0.3, 0.4) is 0 Å². The number of ether oxygens (including phenoxy) is 1. The summed E-state index contributed by atoms with van der Waals surface area (Å²) < 4.78 is 5.44. The predicted octanol–water partition coefficient (Wildman–Crippen LogP) is 2.65. The van der Waals surface area contributed by atoms with Crippen molar-refractivity contribution in [2.75, 3.05) is 18.6 Å². The van der Waals surface area contributed by atoms with E-state index >= 15 is 0 Å². The lowest BCUT2D eigenvalue weighted by Crippen LogP contribution is -2.02. The number of nitro groups is 1. The van der Waals surface area contributed by atoms with Crippen molar-refractivity contribution in [3.05, 3.63) is 33.9 Å². The Morgan fingerprint density at radius 1 is 1.53 bits per heavy atom. The third-order valence-corrected chi connectivity index (χ3v) is 2.57. The molecule has 0 aliphatic carbocycles. The molecule has 4 nitrogen and oxygen atoms in total. The van der Waals surface area contributed by atoms with Gasteiger partial charge in [-0.1, -0.05) is 6.07 Å². The number of nitro benzene ring substituents is 1. The molecule has 0 aliphatic heterocycles. The van der Waals surface area contributed by atoms with Crippen molar-refractivity contribution >= 4 is 17.4 Å². The van der Waals surface area contributed by atoms with Crippen LogP contribution in [0.25, 0.3) is 0 Å². The monoisotopic (exact) mass is 227 g/mol. The number of hydrogen-bond donors (Lipinski definition) is 0. The average molecular weight is 227 g/mol. The second kappa shape index (κ2) is 5.60. The van der Waals surface area contributed by atoms with Crippen LogP contribution in [0.15, 0.2) is 18.2 Å². The maximum absolute atomic E-state index is 10.6. The van der Waals surface area contributed by atoms with Crippen molar-refractivity contribution in [3.8, 4) is 5.75 Å². The molecule has 0 amide bonds. The Morgan fingerprint density at radius 2 is 2.27 bits per heavy atom. The first kappa shape index (κ1) is 11.8. The summed E-state index contributed by atoms with van der Waals surface area (Å²) in [4.78, 5) is 10.3. The highest BCUT2D eigenvalue weighted by molar-refractivity contribution is 7.98. The van der Waals surface area contributed by atoms with Crippen LogP contribution in [-0.4, -0.2) is 23.5 Å². The normalized spacial score (nSPS) is 10.0. The Hall–Kier alpha value is -1.23. The molecule has 1 aromatic carbocycles. The Bertz CT molecular complexity index is 355. The van der Waals surface area contributed by atoms with Crippen LogP contribution in [0.4, 0.5) is 5.69 Å². The molecule has 1 rings (SSSR count). The smallest absolute Gasteiger partial charge is 0.276 e. The van der Waals surface area contributed by atoms with Crippen molar-refractivity contribution in [3.63, 3.8) is 0 Å². The van der Waals surface area contributed by atoms with Gasteiger partial charge in [-0.05, 0) is 19.2 Å². The lowest BCUT2D eigenvalue weighted by molar-refractivity contribution is -0.385. The maximum Gasteiger partial charge on any atom is 0.276 e. The third kappa shape index (κ3) is 3.13. The van der Waals surface area contributed by atoms with Crippen molar-refractivity contribution in [2.24, 2.45) is 0 Å². The van der Waals surface area contributed by atoms with Crippen LogP contribution in [0.1, 0.15) is 5.56 Å². The van der Waals surface area contributed by atoms with Gasteiger partial charge < -0.3 is 4.74 Å². The van der Waals surface area contributed by atoms with E-state index in [0.29, 0.717) is 17.9 Å². The fourth-order valence-electron chi connectivity index (χ4n) is 1.19. The molecule has 0 N–H and O–H groups in total. The van der Waals surface area contributed by atoms with Crippen molar-refractivity contribution in [1.29, 1.82) is 0 Å². The van der Waals surface area contributed by atoms with Gasteiger partial charge in [0.2, 0.25) is 0 Å². The highest BCUT2D eigenvalue weighted by Gasteiger charge is 2.13. The minimum Gasteiger partial charge on any atom is -0.492 e. The minimum atomic E-state index is -0.392. The summed E-state index contributed by atoms with van der Waals surface area (Å²) in [5.41, 5.74) is 0.695. The summed E-state index contributed by atoms with van der Waals surface area (Å²) in [6.45, 7) is 2.27. The van der Waals surface area contributed by atoms with Crippen molar-refractivity contribution in [2.45, 2.75) is 6.92 Å². The van der Waals surface area contributed by atoms with Gasteiger partial charge in [0.05, 0.1) is 17.1 Å². The molecule has 0 aromatic heterocycles. The molecule has 0 radical (unpaired) electrons. The Kier molecular flexibility index (Phi) is 4.42. The molecule has 0 fully saturated rings. The molecule has 0 bridgehead atoms. The van der Waals surface area contributed by atoms with Crippen LogP contribution in [0, 0.1) is 17.0 Å². The van der Waals surface area contributed by atoms with E-state index in [1.165, 1.54) is 6.07 Å².